The molecule has 1 aliphatic heterocycles. The zero-order valence-corrected chi connectivity index (χ0v) is 10.6. The smallest absolute Gasteiger partial charge is 0.269 e. The minimum atomic E-state index is -0.357. The number of nitro groups is 1. The first-order chi connectivity index (χ1) is 8.70. The quantitative estimate of drug-likeness (QED) is 0.655. The van der Waals surface area contributed by atoms with Crippen molar-refractivity contribution in [3.8, 4) is 0 Å². The van der Waals surface area contributed by atoms with Crippen LogP contribution in [0.2, 0.25) is 0 Å². The number of anilines is 1. The number of nitro benzene ring substituents is 1. The summed E-state index contributed by atoms with van der Waals surface area (Å²) in [5.74, 6) is 0.666. The van der Waals surface area contributed by atoms with E-state index < -0.39 is 0 Å². The van der Waals surface area contributed by atoms with Gasteiger partial charge in [-0.25, -0.2) is 0 Å². The third-order valence-electron chi connectivity index (χ3n) is 3.44. The molecule has 0 aliphatic carbocycles. The molecule has 1 saturated heterocycles. The van der Waals surface area contributed by atoms with E-state index in [-0.39, 0.29) is 10.6 Å². The average Bonchev–Trinajstić information content (AvgIpc) is 2.39. The summed E-state index contributed by atoms with van der Waals surface area (Å²) in [7, 11) is 1.98. The highest BCUT2D eigenvalue weighted by Gasteiger charge is 2.19. The van der Waals surface area contributed by atoms with Gasteiger partial charge in [-0.2, -0.15) is 0 Å². The Labute approximate surface area is 107 Å². The number of non-ortho nitro benzene ring substituents is 1. The molecule has 0 spiro atoms. The lowest BCUT2D eigenvalue weighted by atomic mass is 9.97. The van der Waals surface area contributed by atoms with E-state index in [2.05, 4.69) is 10.2 Å². The molecule has 1 atom stereocenters. The van der Waals surface area contributed by atoms with Crippen LogP contribution in [0.1, 0.15) is 12.8 Å². The van der Waals surface area contributed by atoms with Gasteiger partial charge in [-0.3, -0.25) is 10.1 Å². The molecule has 0 aromatic heterocycles. The molecular formula is C13H19N3O2. The van der Waals surface area contributed by atoms with Crippen LogP contribution >= 0.6 is 0 Å². The van der Waals surface area contributed by atoms with Gasteiger partial charge in [0.1, 0.15) is 0 Å². The Morgan fingerprint density at radius 2 is 2.17 bits per heavy atom. The van der Waals surface area contributed by atoms with Gasteiger partial charge in [0.25, 0.3) is 5.69 Å². The van der Waals surface area contributed by atoms with E-state index in [9.17, 15) is 10.1 Å². The van der Waals surface area contributed by atoms with Crippen molar-refractivity contribution in [1.82, 2.24) is 5.32 Å². The summed E-state index contributed by atoms with van der Waals surface area (Å²) >= 11 is 0. The summed E-state index contributed by atoms with van der Waals surface area (Å²) in [6, 6.07) is 6.85. The molecule has 1 heterocycles. The summed E-state index contributed by atoms with van der Waals surface area (Å²) in [4.78, 5) is 12.6. The SMILES string of the molecule is CNCC1CCCN(c2ccc([N+](=O)[O-])cc2)C1. The van der Waals surface area contributed by atoms with Crippen LogP contribution in [0.15, 0.2) is 24.3 Å². The summed E-state index contributed by atoms with van der Waals surface area (Å²) in [6.07, 6.45) is 2.44. The molecule has 1 aliphatic rings. The van der Waals surface area contributed by atoms with Crippen molar-refractivity contribution in [1.29, 1.82) is 0 Å². The molecule has 2 rings (SSSR count). The number of hydrogen-bond donors (Lipinski definition) is 1. The topological polar surface area (TPSA) is 58.4 Å². The minimum absolute atomic E-state index is 0.155. The predicted molar refractivity (Wildman–Crippen MR) is 72.0 cm³/mol. The third kappa shape index (κ3) is 2.98. The van der Waals surface area contributed by atoms with Crippen LogP contribution in [0.25, 0.3) is 0 Å². The molecule has 0 radical (unpaired) electrons. The van der Waals surface area contributed by atoms with Crippen LogP contribution < -0.4 is 10.2 Å². The van der Waals surface area contributed by atoms with Crippen LogP contribution in [0.3, 0.4) is 0 Å². The third-order valence-corrected chi connectivity index (χ3v) is 3.44. The molecule has 1 fully saturated rings. The zero-order chi connectivity index (χ0) is 13.0. The largest absolute Gasteiger partial charge is 0.371 e. The maximum absolute atomic E-state index is 10.6. The number of benzene rings is 1. The molecule has 5 nitrogen and oxygen atoms in total. The lowest BCUT2D eigenvalue weighted by molar-refractivity contribution is -0.384. The molecule has 1 aromatic rings. The van der Waals surface area contributed by atoms with Crippen LogP contribution in [0.4, 0.5) is 11.4 Å². The second kappa shape index (κ2) is 5.82. The monoisotopic (exact) mass is 249 g/mol. The molecule has 1 N–H and O–H groups in total. The first-order valence-corrected chi connectivity index (χ1v) is 6.34. The highest BCUT2D eigenvalue weighted by Crippen LogP contribution is 2.24. The van der Waals surface area contributed by atoms with Gasteiger partial charge in [-0.1, -0.05) is 0 Å². The Kier molecular flexibility index (Phi) is 4.15. The van der Waals surface area contributed by atoms with Gasteiger partial charge < -0.3 is 10.2 Å². The van der Waals surface area contributed by atoms with Crippen LogP contribution in [-0.2, 0) is 0 Å². The van der Waals surface area contributed by atoms with Crippen molar-refractivity contribution in [3.63, 3.8) is 0 Å². The van der Waals surface area contributed by atoms with Crippen molar-refractivity contribution in [2.75, 3.05) is 31.6 Å². The average molecular weight is 249 g/mol. The maximum atomic E-state index is 10.6. The fourth-order valence-corrected chi connectivity index (χ4v) is 2.54. The van der Waals surface area contributed by atoms with Crippen LogP contribution in [0.5, 0.6) is 0 Å². The Morgan fingerprint density at radius 3 is 2.78 bits per heavy atom. The van der Waals surface area contributed by atoms with Crippen molar-refractivity contribution in [2.45, 2.75) is 12.8 Å². The van der Waals surface area contributed by atoms with E-state index >= 15 is 0 Å². The van der Waals surface area contributed by atoms with E-state index in [1.165, 1.54) is 12.8 Å². The highest BCUT2D eigenvalue weighted by molar-refractivity contribution is 5.51. The molecule has 98 valence electrons. The molecule has 1 unspecified atom stereocenters. The summed E-state index contributed by atoms with van der Waals surface area (Å²) < 4.78 is 0. The van der Waals surface area contributed by atoms with Gasteiger partial charge in [0.15, 0.2) is 0 Å². The first-order valence-electron chi connectivity index (χ1n) is 6.34. The van der Waals surface area contributed by atoms with Crippen molar-refractivity contribution < 1.29 is 4.92 Å². The van der Waals surface area contributed by atoms with E-state index in [0.29, 0.717) is 5.92 Å². The standard InChI is InChI=1S/C13H19N3O2/c1-14-9-11-3-2-8-15(10-11)12-4-6-13(7-5-12)16(17)18/h4-7,11,14H,2-3,8-10H2,1H3. The first kappa shape index (κ1) is 12.8. The fraction of sp³-hybridized carbons (Fsp3) is 0.538. The number of hydrogen-bond acceptors (Lipinski definition) is 4. The zero-order valence-electron chi connectivity index (χ0n) is 10.6. The van der Waals surface area contributed by atoms with E-state index in [4.69, 9.17) is 0 Å². The molecule has 18 heavy (non-hydrogen) atoms. The number of nitrogens with zero attached hydrogens (tertiary/aromatic N) is 2. The van der Waals surface area contributed by atoms with Gasteiger partial charge in [0.2, 0.25) is 0 Å². The second-order valence-corrected chi connectivity index (χ2v) is 4.79. The summed E-state index contributed by atoms with van der Waals surface area (Å²) in [5, 5.41) is 13.8. The van der Waals surface area contributed by atoms with Crippen LogP contribution in [0, 0.1) is 16.0 Å². The van der Waals surface area contributed by atoms with E-state index in [1.807, 2.05) is 19.2 Å². The molecule has 0 bridgehead atoms. The molecule has 5 heteroatoms. The van der Waals surface area contributed by atoms with Gasteiger partial charge in [0.05, 0.1) is 4.92 Å². The number of nitrogens with one attached hydrogen (secondary N) is 1. The van der Waals surface area contributed by atoms with Gasteiger partial charge in [-0.15, -0.1) is 0 Å². The minimum Gasteiger partial charge on any atom is -0.371 e. The normalized spacial score (nSPS) is 19.8. The number of piperidine rings is 1. The Hall–Kier alpha value is -1.62. The van der Waals surface area contributed by atoms with Crippen molar-refractivity contribution >= 4 is 11.4 Å². The Morgan fingerprint density at radius 1 is 1.44 bits per heavy atom. The highest BCUT2D eigenvalue weighted by atomic mass is 16.6. The van der Waals surface area contributed by atoms with E-state index in [1.54, 1.807) is 12.1 Å². The number of rotatable bonds is 4. The molecule has 0 amide bonds. The summed E-state index contributed by atoms with van der Waals surface area (Å²) in [6.45, 7) is 3.10. The van der Waals surface area contributed by atoms with Crippen molar-refractivity contribution in [2.24, 2.45) is 5.92 Å². The van der Waals surface area contributed by atoms with Gasteiger partial charge in [0, 0.05) is 30.9 Å². The second-order valence-electron chi connectivity index (χ2n) is 4.79. The molecule has 1 aromatic carbocycles. The Balaban J connectivity index is 2.04. The van der Waals surface area contributed by atoms with Crippen molar-refractivity contribution in [3.05, 3.63) is 34.4 Å². The predicted octanol–water partition coefficient (Wildman–Crippen LogP) is 2.03. The molecular weight excluding hydrogens is 230 g/mol. The maximum Gasteiger partial charge on any atom is 0.269 e. The van der Waals surface area contributed by atoms with E-state index in [0.717, 1.165) is 25.3 Å². The lowest BCUT2D eigenvalue weighted by Crippen LogP contribution is -2.39. The molecule has 0 saturated carbocycles. The Bertz CT molecular complexity index is 403. The van der Waals surface area contributed by atoms with Gasteiger partial charge >= 0.3 is 0 Å². The fourth-order valence-electron chi connectivity index (χ4n) is 2.54. The van der Waals surface area contributed by atoms with Crippen LogP contribution in [-0.4, -0.2) is 31.6 Å². The van der Waals surface area contributed by atoms with Gasteiger partial charge in [-0.05, 0) is 44.5 Å². The summed E-state index contributed by atoms with van der Waals surface area (Å²) in [5.41, 5.74) is 1.24. The lowest BCUT2D eigenvalue weighted by Gasteiger charge is -2.34.